The molecular weight excluding hydrogens is 310 g/mol. The van der Waals surface area contributed by atoms with Gasteiger partial charge >= 0.3 is 5.97 Å². The van der Waals surface area contributed by atoms with Crippen molar-refractivity contribution < 1.29 is 14.7 Å². The highest BCUT2D eigenvalue weighted by atomic mass is 35.5. The van der Waals surface area contributed by atoms with E-state index in [2.05, 4.69) is 5.32 Å². The largest absolute Gasteiger partial charge is 0.478 e. The van der Waals surface area contributed by atoms with Crippen LogP contribution in [0.5, 0.6) is 0 Å². The van der Waals surface area contributed by atoms with E-state index in [1.807, 2.05) is 18.4 Å². The highest BCUT2D eigenvalue weighted by Crippen LogP contribution is 2.26. The molecule has 0 saturated heterocycles. The second kappa shape index (κ2) is 6.65. The number of halogens is 1. The number of nitrogens with one attached hydrogen (secondary N) is 1. The van der Waals surface area contributed by atoms with E-state index < -0.39 is 5.97 Å². The van der Waals surface area contributed by atoms with Crippen LogP contribution in [0.15, 0.2) is 47.4 Å². The fourth-order valence-electron chi connectivity index (χ4n) is 1.78. The van der Waals surface area contributed by atoms with Crippen LogP contribution in [0.2, 0.25) is 5.02 Å². The van der Waals surface area contributed by atoms with Crippen LogP contribution in [0.1, 0.15) is 20.7 Å². The zero-order valence-corrected chi connectivity index (χ0v) is 12.7. The average Bonchev–Trinajstić information content (AvgIpc) is 2.49. The van der Waals surface area contributed by atoms with E-state index in [0.717, 1.165) is 4.90 Å². The minimum Gasteiger partial charge on any atom is -0.478 e. The summed E-state index contributed by atoms with van der Waals surface area (Å²) in [6, 6.07) is 11.3. The van der Waals surface area contributed by atoms with Crippen molar-refractivity contribution >= 4 is 40.9 Å². The number of rotatable bonds is 4. The lowest BCUT2D eigenvalue weighted by molar-refractivity contribution is 0.0696. The Kier molecular flexibility index (Phi) is 4.88. The first-order chi connectivity index (χ1) is 10.0. The molecule has 2 aromatic carbocycles. The molecule has 0 atom stereocenters. The summed E-state index contributed by atoms with van der Waals surface area (Å²) in [6.07, 6.45) is 1.88. The highest BCUT2D eigenvalue weighted by molar-refractivity contribution is 7.98. The smallest absolute Gasteiger partial charge is 0.335 e. The molecule has 0 aromatic heterocycles. The summed E-state index contributed by atoms with van der Waals surface area (Å²) < 4.78 is 0. The van der Waals surface area contributed by atoms with Gasteiger partial charge in [0.2, 0.25) is 0 Å². The van der Waals surface area contributed by atoms with E-state index >= 15 is 0 Å². The minimum atomic E-state index is -1.08. The Bertz CT molecular complexity index is 703. The quantitative estimate of drug-likeness (QED) is 0.835. The van der Waals surface area contributed by atoms with Crippen LogP contribution < -0.4 is 5.32 Å². The van der Waals surface area contributed by atoms with Gasteiger partial charge in [0.05, 0.1) is 21.8 Å². The third-order valence-corrected chi connectivity index (χ3v) is 3.94. The van der Waals surface area contributed by atoms with E-state index in [1.165, 1.54) is 30.0 Å². The maximum atomic E-state index is 12.3. The summed E-state index contributed by atoms with van der Waals surface area (Å²) >= 11 is 7.45. The number of aromatic carboxylic acids is 1. The van der Waals surface area contributed by atoms with E-state index in [-0.39, 0.29) is 22.2 Å². The van der Waals surface area contributed by atoms with E-state index in [1.54, 1.807) is 12.1 Å². The first-order valence-corrected chi connectivity index (χ1v) is 7.60. The summed E-state index contributed by atoms with van der Waals surface area (Å²) in [6.45, 7) is 0. The summed E-state index contributed by atoms with van der Waals surface area (Å²) in [5.41, 5.74) is 0.854. The number of amides is 1. The van der Waals surface area contributed by atoms with Gasteiger partial charge in [-0.05, 0) is 36.6 Å². The Balaban J connectivity index is 2.31. The Labute approximate surface area is 131 Å². The van der Waals surface area contributed by atoms with Crippen LogP contribution in [-0.4, -0.2) is 23.2 Å². The van der Waals surface area contributed by atoms with Crippen molar-refractivity contribution in [3.05, 3.63) is 58.6 Å². The van der Waals surface area contributed by atoms with E-state index in [9.17, 15) is 9.59 Å². The second-order valence-electron chi connectivity index (χ2n) is 4.15. The number of benzene rings is 2. The molecule has 0 aliphatic heterocycles. The Morgan fingerprint density at radius 2 is 1.90 bits per heavy atom. The van der Waals surface area contributed by atoms with Gasteiger partial charge in [0, 0.05) is 4.90 Å². The summed E-state index contributed by atoms with van der Waals surface area (Å²) in [5, 5.41) is 11.9. The predicted octanol–water partition coefficient (Wildman–Crippen LogP) is 4.01. The molecule has 2 aromatic rings. The molecule has 6 heteroatoms. The zero-order valence-electron chi connectivity index (χ0n) is 11.1. The van der Waals surface area contributed by atoms with Gasteiger partial charge in [0.25, 0.3) is 5.91 Å². The number of hydrogen-bond acceptors (Lipinski definition) is 3. The fraction of sp³-hybridized carbons (Fsp3) is 0.0667. The highest BCUT2D eigenvalue weighted by Gasteiger charge is 2.13. The van der Waals surface area contributed by atoms with Gasteiger partial charge in [0.15, 0.2) is 0 Å². The molecular formula is C15H12ClNO3S. The maximum Gasteiger partial charge on any atom is 0.335 e. The number of carbonyl (C=O) groups is 2. The molecule has 21 heavy (non-hydrogen) atoms. The van der Waals surface area contributed by atoms with Crippen LogP contribution in [-0.2, 0) is 0 Å². The van der Waals surface area contributed by atoms with Crippen LogP contribution >= 0.6 is 23.4 Å². The van der Waals surface area contributed by atoms with Crippen molar-refractivity contribution in [1.82, 2.24) is 0 Å². The molecule has 0 spiro atoms. The Hall–Kier alpha value is -1.98. The van der Waals surface area contributed by atoms with Crippen molar-refractivity contribution in [2.75, 3.05) is 11.6 Å². The zero-order chi connectivity index (χ0) is 15.4. The molecule has 0 aliphatic rings. The lowest BCUT2D eigenvalue weighted by atomic mass is 10.1. The number of carboxylic acids is 1. The van der Waals surface area contributed by atoms with Gasteiger partial charge in [-0.15, -0.1) is 11.8 Å². The molecule has 0 fully saturated rings. The normalized spacial score (nSPS) is 10.2. The van der Waals surface area contributed by atoms with E-state index in [4.69, 9.17) is 16.7 Å². The van der Waals surface area contributed by atoms with Gasteiger partial charge in [-0.1, -0.05) is 23.7 Å². The van der Waals surface area contributed by atoms with Crippen LogP contribution in [0.4, 0.5) is 5.69 Å². The van der Waals surface area contributed by atoms with Crippen molar-refractivity contribution in [3.8, 4) is 0 Å². The SMILES string of the molecule is CSc1ccccc1C(=O)Nc1cc(C(=O)O)ccc1Cl. The molecule has 0 unspecified atom stereocenters. The predicted molar refractivity (Wildman–Crippen MR) is 84.6 cm³/mol. The van der Waals surface area contributed by atoms with E-state index in [0.29, 0.717) is 5.56 Å². The molecule has 0 saturated carbocycles. The van der Waals surface area contributed by atoms with Crippen molar-refractivity contribution in [2.45, 2.75) is 4.90 Å². The van der Waals surface area contributed by atoms with Crippen LogP contribution in [0, 0.1) is 0 Å². The molecule has 2 rings (SSSR count). The molecule has 0 aliphatic carbocycles. The lowest BCUT2D eigenvalue weighted by Crippen LogP contribution is -2.13. The molecule has 1 amide bonds. The van der Waals surface area contributed by atoms with Crippen LogP contribution in [0.3, 0.4) is 0 Å². The number of thioether (sulfide) groups is 1. The van der Waals surface area contributed by atoms with Gasteiger partial charge in [0.1, 0.15) is 0 Å². The van der Waals surface area contributed by atoms with Gasteiger partial charge in [-0.3, -0.25) is 4.79 Å². The molecule has 0 bridgehead atoms. The summed E-state index contributed by atoms with van der Waals surface area (Å²) in [4.78, 5) is 24.1. The number of carbonyl (C=O) groups excluding carboxylic acids is 1. The summed E-state index contributed by atoms with van der Waals surface area (Å²) in [5.74, 6) is -1.41. The number of hydrogen-bond donors (Lipinski definition) is 2. The Morgan fingerprint density at radius 3 is 2.57 bits per heavy atom. The second-order valence-corrected chi connectivity index (χ2v) is 5.41. The lowest BCUT2D eigenvalue weighted by Gasteiger charge is -2.10. The first-order valence-electron chi connectivity index (χ1n) is 6.00. The van der Waals surface area contributed by atoms with Gasteiger partial charge in [-0.25, -0.2) is 4.79 Å². The molecule has 108 valence electrons. The Morgan fingerprint density at radius 1 is 1.19 bits per heavy atom. The fourth-order valence-corrected chi connectivity index (χ4v) is 2.54. The third kappa shape index (κ3) is 3.56. The average molecular weight is 322 g/mol. The third-order valence-electron chi connectivity index (χ3n) is 2.81. The number of carboxylic acid groups (broad SMARTS) is 1. The molecule has 0 heterocycles. The standard InChI is InChI=1S/C15H12ClNO3S/c1-21-13-5-3-2-4-10(13)14(18)17-12-8-9(15(19)20)6-7-11(12)16/h2-8H,1H3,(H,17,18)(H,19,20). The van der Waals surface area contributed by atoms with Crippen molar-refractivity contribution in [3.63, 3.8) is 0 Å². The minimum absolute atomic E-state index is 0.0628. The number of anilines is 1. The molecule has 4 nitrogen and oxygen atoms in total. The van der Waals surface area contributed by atoms with Gasteiger partial charge < -0.3 is 10.4 Å². The molecule has 2 N–H and O–H groups in total. The van der Waals surface area contributed by atoms with Crippen LogP contribution in [0.25, 0.3) is 0 Å². The van der Waals surface area contributed by atoms with Crippen molar-refractivity contribution in [2.24, 2.45) is 0 Å². The monoisotopic (exact) mass is 321 g/mol. The first kappa shape index (κ1) is 15.4. The topological polar surface area (TPSA) is 66.4 Å². The van der Waals surface area contributed by atoms with Crippen molar-refractivity contribution in [1.29, 1.82) is 0 Å². The van der Waals surface area contributed by atoms with Gasteiger partial charge in [-0.2, -0.15) is 0 Å². The molecule has 0 radical (unpaired) electrons. The summed E-state index contributed by atoms with van der Waals surface area (Å²) in [7, 11) is 0. The maximum absolute atomic E-state index is 12.3.